The Balaban J connectivity index is 2.26. The number of aryl methyl sites for hydroxylation is 1. The van der Waals surface area contributed by atoms with Gasteiger partial charge in [0.25, 0.3) is 0 Å². The molecule has 21 heavy (non-hydrogen) atoms. The van der Waals surface area contributed by atoms with Crippen molar-refractivity contribution in [3.8, 4) is 11.5 Å². The first-order chi connectivity index (χ1) is 10.0. The second-order valence-corrected chi connectivity index (χ2v) is 4.76. The number of hydrogen-bond donors (Lipinski definition) is 1. The molecule has 2 N–H and O–H groups in total. The first-order valence-electron chi connectivity index (χ1n) is 6.65. The molecule has 6 heteroatoms. The minimum atomic E-state index is -0.469. The number of aromatic nitrogens is 1. The van der Waals surface area contributed by atoms with Crippen LogP contribution >= 0.6 is 0 Å². The zero-order valence-corrected chi connectivity index (χ0v) is 11.9. The first kappa shape index (κ1) is 14.9. The van der Waals surface area contributed by atoms with Crippen molar-refractivity contribution >= 4 is 5.69 Å². The number of nitrogens with two attached hydrogens (primary N) is 1. The molecule has 0 radical (unpaired) electrons. The highest BCUT2D eigenvalue weighted by Crippen LogP contribution is 2.32. The summed E-state index contributed by atoms with van der Waals surface area (Å²) in [6.45, 7) is 3.82. The average Bonchev–Trinajstić information content (AvgIpc) is 2.47. The van der Waals surface area contributed by atoms with Crippen LogP contribution in [-0.2, 0) is 0 Å². The molecule has 2 rings (SSSR count). The Hall–Kier alpha value is -2.47. The van der Waals surface area contributed by atoms with Gasteiger partial charge < -0.3 is 10.5 Å². The van der Waals surface area contributed by atoms with Crippen LogP contribution in [0.25, 0.3) is 0 Å². The quantitative estimate of drug-likeness (QED) is 0.671. The van der Waals surface area contributed by atoms with E-state index < -0.39 is 4.92 Å². The standard InChI is InChI=1S/C15H17N3O3/c1-3-12(16)13-6-5-11(9-17-13)21-15-8-10(2)4-7-14(15)18(19)20/h4-9,12H,3,16H2,1-2H3/t12-/m0/s1. The Bertz CT molecular complexity index is 641. The molecule has 0 unspecified atom stereocenters. The third-order valence-corrected chi connectivity index (χ3v) is 3.12. The normalized spacial score (nSPS) is 12.0. The average molecular weight is 287 g/mol. The molecule has 0 saturated carbocycles. The van der Waals surface area contributed by atoms with E-state index in [9.17, 15) is 10.1 Å². The number of benzene rings is 1. The summed E-state index contributed by atoms with van der Waals surface area (Å²) in [4.78, 5) is 14.8. The lowest BCUT2D eigenvalue weighted by molar-refractivity contribution is -0.385. The Morgan fingerprint density at radius 3 is 2.71 bits per heavy atom. The fourth-order valence-corrected chi connectivity index (χ4v) is 1.86. The van der Waals surface area contributed by atoms with Gasteiger partial charge >= 0.3 is 5.69 Å². The third kappa shape index (κ3) is 3.55. The second-order valence-electron chi connectivity index (χ2n) is 4.76. The van der Waals surface area contributed by atoms with Crippen LogP contribution in [0.3, 0.4) is 0 Å². The van der Waals surface area contributed by atoms with Crippen LogP contribution < -0.4 is 10.5 Å². The number of nitrogens with zero attached hydrogens (tertiary/aromatic N) is 2. The molecule has 6 nitrogen and oxygen atoms in total. The highest BCUT2D eigenvalue weighted by Gasteiger charge is 2.16. The summed E-state index contributed by atoms with van der Waals surface area (Å²) in [5.41, 5.74) is 7.46. The smallest absolute Gasteiger partial charge is 0.311 e. The van der Waals surface area contributed by atoms with Gasteiger partial charge in [-0.1, -0.05) is 13.0 Å². The summed E-state index contributed by atoms with van der Waals surface area (Å²) in [6.07, 6.45) is 2.31. The van der Waals surface area contributed by atoms with E-state index in [2.05, 4.69) is 4.98 Å². The summed E-state index contributed by atoms with van der Waals surface area (Å²) in [5.74, 6) is 0.644. The SMILES string of the molecule is CC[C@H](N)c1ccc(Oc2cc(C)ccc2[N+](=O)[O-])cn1. The van der Waals surface area contributed by atoms with Crippen LogP contribution in [0.2, 0.25) is 0 Å². The van der Waals surface area contributed by atoms with Gasteiger partial charge in [-0.05, 0) is 37.1 Å². The number of rotatable bonds is 5. The molecular weight excluding hydrogens is 270 g/mol. The predicted molar refractivity (Wildman–Crippen MR) is 79.4 cm³/mol. The predicted octanol–water partition coefficient (Wildman–Crippen LogP) is 3.50. The minimum Gasteiger partial charge on any atom is -0.448 e. The molecule has 0 saturated heterocycles. The Morgan fingerprint density at radius 2 is 2.14 bits per heavy atom. The van der Waals surface area contributed by atoms with Gasteiger partial charge in [0.1, 0.15) is 5.75 Å². The van der Waals surface area contributed by atoms with Crippen molar-refractivity contribution in [3.63, 3.8) is 0 Å². The van der Waals surface area contributed by atoms with Crippen molar-refractivity contribution in [1.29, 1.82) is 0 Å². The third-order valence-electron chi connectivity index (χ3n) is 3.12. The van der Waals surface area contributed by atoms with Gasteiger partial charge in [-0.3, -0.25) is 15.1 Å². The minimum absolute atomic E-state index is 0.0741. The molecule has 0 bridgehead atoms. The summed E-state index contributed by atoms with van der Waals surface area (Å²) >= 11 is 0. The van der Waals surface area contributed by atoms with E-state index in [-0.39, 0.29) is 17.5 Å². The van der Waals surface area contributed by atoms with E-state index in [1.54, 1.807) is 24.3 Å². The molecule has 1 atom stereocenters. The highest BCUT2D eigenvalue weighted by molar-refractivity contribution is 5.50. The molecule has 0 aliphatic heterocycles. The molecule has 0 aliphatic rings. The summed E-state index contributed by atoms with van der Waals surface area (Å²) in [7, 11) is 0. The van der Waals surface area contributed by atoms with Crippen molar-refractivity contribution in [2.24, 2.45) is 5.73 Å². The molecule has 0 fully saturated rings. The fourth-order valence-electron chi connectivity index (χ4n) is 1.86. The maximum Gasteiger partial charge on any atom is 0.311 e. The van der Waals surface area contributed by atoms with Gasteiger partial charge in [-0.15, -0.1) is 0 Å². The second kappa shape index (κ2) is 6.32. The van der Waals surface area contributed by atoms with Crippen LogP contribution in [0.5, 0.6) is 11.5 Å². The molecule has 0 spiro atoms. The van der Waals surface area contributed by atoms with Gasteiger partial charge in [0, 0.05) is 12.1 Å². The number of nitro groups is 1. The van der Waals surface area contributed by atoms with Crippen LogP contribution in [0, 0.1) is 17.0 Å². The van der Waals surface area contributed by atoms with Crippen molar-refractivity contribution < 1.29 is 9.66 Å². The lowest BCUT2D eigenvalue weighted by atomic mass is 10.1. The Morgan fingerprint density at radius 1 is 1.38 bits per heavy atom. The van der Waals surface area contributed by atoms with Crippen molar-refractivity contribution in [2.45, 2.75) is 26.3 Å². The van der Waals surface area contributed by atoms with Crippen molar-refractivity contribution in [2.75, 3.05) is 0 Å². The van der Waals surface area contributed by atoms with E-state index >= 15 is 0 Å². The number of pyridine rings is 1. The van der Waals surface area contributed by atoms with Crippen LogP contribution in [0.1, 0.15) is 30.6 Å². The van der Waals surface area contributed by atoms with Crippen LogP contribution in [0.4, 0.5) is 5.69 Å². The molecule has 110 valence electrons. The van der Waals surface area contributed by atoms with E-state index in [0.29, 0.717) is 5.75 Å². The number of nitro benzene ring substituents is 1. The van der Waals surface area contributed by atoms with E-state index in [1.807, 2.05) is 13.8 Å². The van der Waals surface area contributed by atoms with Gasteiger partial charge in [-0.25, -0.2) is 0 Å². The summed E-state index contributed by atoms with van der Waals surface area (Å²) < 4.78 is 5.58. The maximum absolute atomic E-state index is 11.0. The number of hydrogen-bond acceptors (Lipinski definition) is 5. The van der Waals surface area contributed by atoms with Crippen LogP contribution in [-0.4, -0.2) is 9.91 Å². The van der Waals surface area contributed by atoms with Gasteiger partial charge in [0.05, 0.1) is 16.8 Å². The van der Waals surface area contributed by atoms with E-state index in [4.69, 9.17) is 10.5 Å². The topological polar surface area (TPSA) is 91.3 Å². The zero-order valence-electron chi connectivity index (χ0n) is 11.9. The zero-order chi connectivity index (χ0) is 15.4. The molecule has 1 heterocycles. The monoisotopic (exact) mass is 287 g/mol. The van der Waals surface area contributed by atoms with E-state index in [1.165, 1.54) is 12.3 Å². The molecule has 2 aromatic rings. The van der Waals surface area contributed by atoms with Gasteiger partial charge in [-0.2, -0.15) is 0 Å². The van der Waals surface area contributed by atoms with Gasteiger partial charge in [0.2, 0.25) is 5.75 Å². The molecule has 1 aromatic carbocycles. The lowest BCUT2D eigenvalue weighted by Gasteiger charge is -2.10. The highest BCUT2D eigenvalue weighted by atomic mass is 16.6. The largest absolute Gasteiger partial charge is 0.448 e. The molecule has 1 aromatic heterocycles. The maximum atomic E-state index is 11.0. The lowest BCUT2D eigenvalue weighted by Crippen LogP contribution is -2.10. The fraction of sp³-hybridized carbons (Fsp3) is 0.267. The Kier molecular flexibility index (Phi) is 4.49. The summed E-state index contributed by atoms with van der Waals surface area (Å²) in [6, 6.07) is 8.10. The van der Waals surface area contributed by atoms with Crippen molar-refractivity contribution in [3.05, 3.63) is 57.9 Å². The first-order valence-corrected chi connectivity index (χ1v) is 6.65. The molecule has 0 aliphatic carbocycles. The Labute approximate surface area is 122 Å². The number of ether oxygens (including phenoxy) is 1. The molecule has 0 amide bonds. The van der Waals surface area contributed by atoms with Crippen molar-refractivity contribution in [1.82, 2.24) is 4.98 Å². The summed E-state index contributed by atoms with van der Waals surface area (Å²) in [5, 5.41) is 11.0. The van der Waals surface area contributed by atoms with E-state index in [0.717, 1.165) is 17.7 Å². The molecular formula is C15H17N3O3. The van der Waals surface area contributed by atoms with Gasteiger partial charge in [0.15, 0.2) is 0 Å². The van der Waals surface area contributed by atoms with Crippen LogP contribution in [0.15, 0.2) is 36.5 Å².